The summed E-state index contributed by atoms with van der Waals surface area (Å²) in [6.07, 6.45) is 0. The molecule has 0 saturated heterocycles. The maximum atomic E-state index is 5.78. The first-order valence-corrected chi connectivity index (χ1v) is 6.91. The van der Waals surface area contributed by atoms with Crippen LogP contribution >= 0.6 is 22.9 Å². The molecule has 2 aromatic heterocycles. The first kappa shape index (κ1) is 12.5. The van der Waals surface area contributed by atoms with Gasteiger partial charge in [0, 0.05) is 5.41 Å². The first-order chi connectivity index (χ1) is 7.89. The number of rotatable bonds is 2. The molecule has 1 unspecified atom stereocenters. The highest BCUT2D eigenvalue weighted by Gasteiger charge is 2.25. The largest absolute Gasteiger partial charge is 0.322 e. The first-order valence-electron chi connectivity index (χ1n) is 5.32. The summed E-state index contributed by atoms with van der Waals surface area (Å²) in [5, 5.41) is 14.2. The Morgan fingerprint density at radius 3 is 2.41 bits per heavy atom. The normalized spacial score (nSPS) is 13.9. The third kappa shape index (κ3) is 2.51. The van der Waals surface area contributed by atoms with Gasteiger partial charge < -0.3 is 5.73 Å². The molecule has 2 N–H and O–H groups in total. The van der Waals surface area contributed by atoms with Crippen molar-refractivity contribution in [1.29, 1.82) is 0 Å². The minimum absolute atomic E-state index is 0.0392. The van der Waals surface area contributed by atoms with Crippen molar-refractivity contribution < 1.29 is 0 Å². The quantitative estimate of drug-likeness (QED) is 0.905. The van der Waals surface area contributed by atoms with Crippen LogP contribution in [0.1, 0.15) is 44.4 Å². The molecule has 17 heavy (non-hydrogen) atoms. The van der Waals surface area contributed by atoms with E-state index in [9.17, 15) is 0 Å². The molecule has 7 heteroatoms. The van der Waals surface area contributed by atoms with Gasteiger partial charge in [-0.1, -0.05) is 36.6 Å². The second-order valence-corrected chi connectivity index (χ2v) is 6.70. The minimum atomic E-state index is -0.0831. The molecule has 2 heterocycles. The Kier molecular flexibility index (Phi) is 3.24. The summed E-state index contributed by atoms with van der Waals surface area (Å²) >= 11 is 2.87. The lowest BCUT2D eigenvalue weighted by Crippen LogP contribution is -2.12. The maximum absolute atomic E-state index is 5.78. The Labute approximate surface area is 108 Å². The SMILES string of the molecule is CC(N)c1nnc(-c2snnc2C(C)(C)C)s1. The van der Waals surface area contributed by atoms with Crippen LogP contribution in [0.2, 0.25) is 0 Å². The predicted octanol–water partition coefficient (Wildman–Crippen LogP) is 2.37. The molecule has 0 saturated carbocycles. The van der Waals surface area contributed by atoms with E-state index in [1.54, 1.807) is 0 Å². The van der Waals surface area contributed by atoms with E-state index in [0.717, 1.165) is 20.6 Å². The van der Waals surface area contributed by atoms with Gasteiger partial charge >= 0.3 is 0 Å². The zero-order chi connectivity index (χ0) is 12.6. The second kappa shape index (κ2) is 4.40. The lowest BCUT2D eigenvalue weighted by molar-refractivity contribution is 0.568. The van der Waals surface area contributed by atoms with Crippen LogP contribution in [0, 0.1) is 0 Å². The Balaban J connectivity index is 2.43. The number of nitrogens with two attached hydrogens (primary N) is 1. The van der Waals surface area contributed by atoms with Crippen LogP contribution in [0.25, 0.3) is 9.88 Å². The molecule has 5 nitrogen and oxygen atoms in total. The Morgan fingerprint density at radius 1 is 1.18 bits per heavy atom. The summed E-state index contributed by atoms with van der Waals surface area (Å²) in [5.74, 6) is 0. The van der Waals surface area contributed by atoms with Crippen LogP contribution in [-0.2, 0) is 5.41 Å². The van der Waals surface area contributed by atoms with E-state index in [0.29, 0.717) is 0 Å². The van der Waals surface area contributed by atoms with Gasteiger partial charge in [-0.25, -0.2) is 0 Å². The lowest BCUT2D eigenvalue weighted by Gasteiger charge is -2.15. The molecule has 0 radical (unpaired) electrons. The standard InChI is InChI=1S/C10H15N5S2/c1-5(11)8-13-14-9(16-8)6-7(10(2,3)4)12-15-17-6/h5H,11H2,1-4H3. The molecule has 0 aliphatic rings. The van der Waals surface area contributed by atoms with Gasteiger partial charge in [0.1, 0.15) is 9.88 Å². The van der Waals surface area contributed by atoms with E-state index in [4.69, 9.17) is 5.73 Å². The average molecular weight is 269 g/mol. The summed E-state index contributed by atoms with van der Waals surface area (Å²) in [7, 11) is 0. The van der Waals surface area contributed by atoms with Crippen LogP contribution in [0.15, 0.2) is 0 Å². The van der Waals surface area contributed by atoms with Crippen molar-refractivity contribution in [2.24, 2.45) is 5.73 Å². The molecule has 2 rings (SSSR count). The fraction of sp³-hybridized carbons (Fsp3) is 0.600. The predicted molar refractivity (Wildman–Crippen MR) is 70.1 cm³/mol. The van der Waals surface area contributed by atoms with E-state index < -0.39 is 0 Å². The molecule has 92 valence electrons. The van der Waals surface area contributed by atoms with Crippen LogP contribution in [0.5, 0.6) is 0 Å². The van der Waals surface area contributed by atoms with Crippen molar-refractivity contribution in [3.63, 3.8) is 0 Å². The molecule has 0 aliphatic heterocycles. The zero-order valence-electron chi connectivity index (χ0n) is 10.3. The summed E-state index contributed by atoms with van der Waals surface area (Å²) < 4.78 is 4.02. The van der Waals surface area contributed by atoms with E-state index in [-0.39, 0.29) is 11.5 Å². The van der Waals surface area contributed by atoms with Crippen molar-refractivity contribution in [3.8, 4) is 9.88 Å². The van der Waals surface area contributed by atoms with Crippen molar-refractivity contribution in [3.05, 3.63) is 10.7 Å². The van der Waals surface area contributed by atoms with Gasteiger partial charge in [0.2, 0.25) is 0 Å². The molecular weight excluding hydrogens is 254 g/mol. The van der Waals surface area contributed by atoms with E-state index in [2.05, 4.69) is 40.6 Å². The number of hydrogen-bond donors (Lipinski definition) is 1. The number of nitrogens with zero attached hydrogens (tertiary/aromatic N) is 4. The highest BCUT2D eigenvalue weighted by atomic mass is 32.1. The van der Waals surface area contributed by atoms with Gasteiger partial charge in [-0.05, 0) is 18.5 Å². The van der Waals surface area contributed by atoms with Gasteiger partial charge in [0.15, 0.2) is 5.01 Å². The second-order valence-electron chi connectivity index (χ2n) is 4.93. The molecule has 0 aliphatic carbocycles. The maximum Gasteiger partial charge on any atom is 0.161 e. The Hall–Kier alpha value is -0.920. The third-order valence-corrected chi connectivity index (χ3v) is 4.23. The smallest absolute Gasteiger partial charge is 0.161 e. The molecule has 0 bridgehead atoms. The van der Waals surface area contributed by atoms with E-state index in [1.165, 1.54) is 22.9 Å². The zero-order valence-corrected chi connectivity index (χ0v) is 11.9. The minimum Gasteiger partial charge on any atom is -0.322 e. The molecular formula is C10H15N5S2. The van der Waals surface area contributed by atoms with Crippen molar-refractivity contribution in [2.45, 2.75) is 39.2 Å². The molecule has 0 amide bonds. The van der Waals surface area contributed by atoms with Gasteiger partial charge in [0.05, 0.1) is 11.7 Å². The van der Waals surface area contributed by atoms with Crippen LogP contribution in [-0.4, -0.2) is 19.8 Å². The van der Waals surface area contributed by atoms with Crippen LogP contribution < -0.4 is 5.73 Å². The van der Waals surface area contributed by atoms with Crippen LogP contribution in [0.4, 0.5) is 0 Å². The molecule has 0 fully saturated rings. The van der Waals surface area contributed by atoms with Gasteiger partial charge in [0.25, 0.3) is 0 Å². The highest BCUT2D eigenvalue weighted by molar-refractivity contribution is 7.19. The van der Waals surface area contributed by atoms with Crippen molar-refractivity contribution in [2.75, 3.05) is 0 Å². The summed E-state index contributed by atoms with van der Waals surface area (Å²) in [6.45, 7) is 8.24. The number of hydrogen-bond acceptors (Lipinski definition) is 7. The number of aromatic nitrogens is 4. The fourth-order valence-electron chi connectivity index (χ4n) is 1.33. The average Bonchev–Trinajstić information content (AvgIpc) is 2.85. The third-order valence-electron chi connectivity index (χ3n) is 2.22. The summed E-state index contributed by atoms with van der Waals surface area (Å²) in [4.78, 5) is 1.00. The Morgan fingerprint density at radius 2 is 1.88 bits per heavy atom. The van der Waals surface area contributed by atoms with Gasteiger partial charge in [-0.2, -0.15) is 0 Å². The monoisotopic (exact) mass is 269 g/mol. The topological polar surface area (TPSA) is 77.6 Å². The molecule has 0 aromatic carbocycles. The molecule has 2 aromatic rings. The van der Waals surface area contributed by atoms with Crippen LogP contribution in [0.3, 0.4) is 0 Å². The van der Waals surface area contributed by atoms with Gasteiger partial charge in [-0.15, -0.1) is 15.3 Å². The summed E-state index contributed by atoms with van der Waals surface area (Å²) in [5.41, 5.74) is 6.71. The molecule has 1 atom stereocenters. The lowest BCUT2D eigenvalue weighted by atomic mass is 9.91. The van der Waals surface area contributed by atoms with Crippen molar-refractivity contribution in [1.82, 2.24) is 19.8 Å². The fourth-order valence-corrected chi connectivity index (χ4v) is 3.06. The summed E-state index contributed by atoms with van der Waals surface area (Å²) in [6, 6.07) is -0.0831. The van der Waals surface area contributed by atoms with E-state index in [1.807, 2.05) is 6.92 Å². The van der Waals surface area contributed by atoms with Gasteiger partial charge in [-0.3, -0.25) is 0 Å². The molecule has 0 spiro atoms. The highest BCUT2D eigenvalue weighted by Crippen LogP contribution is 2.35. The Bertz CT molecular complexity index is 509. The van der Waals surface area contributed by atoms with E-state index >= 15 is 0 Å². The van der Waals surface area contributed by atoms with Crippen molar-refractivity contribution >= 4 is 22.9 Å².